The zero-order valence-corrected chi connectivity index (χ0v) is 9.63. The van der Waals surface area contributed by atoms with Gasteiger partial charge < -0.3 is 10.4 Å². The minimum absolute atomic E-state index is 0.589. The third-order valence-electron chi connectivity index (χ3n) is 1.87. The summed E-state index contributed by atoms with van der Waals surface area (Å²) in [5.74, 6) is -0.863. The van der Waals surface area contributed by atoms with Gasteiger partial charge in [-0.3, -0.25) is 4.79 Å². The Morgan fingerprint density at radius 3 is 2.71 bits per heavy atom. The van der Waals surface area contributed by atoms with Crippen molar-refractivity contribution in [1.82, 2.24) is 0 Å². The van der Waals surface area contributed by atoms with Crippen LogP contribution in [0.15, 0.2) is 22.7 Å². The molecule has 0 saturated heterocycles. The molecule has 0 aromatic heterocycles. The summed E-state index contributed by atoms with van der Waals surface area (Å²) >= 11 is 3.37. The molecule has 0 aliphatic carbocycles. The Kier molecular flexibility index (Phi) is 3.52. The van der Waals surface area contributed by atoms with Gasteiger partial charge in [-0.15, -0.1) is 0 Å². The topological polar surface area (TPSA) is 49.3 Å². The normalized spacial score (nSPS) is 12.2. The molecule has 0 aliphatic rings. The van der Waals surface area contributed by atoms with Crippen molar-refractivity contribution in [1.29, 1.82) is 0 Å². The maximum absolute atomic E-state index is 10.6. The molecule has 4 heteroatoms. The highest BCUT2D eigenvalue weighted by atomic mass is 79.9. The Hall–Kier alpha value is -1.03. The molecular formula is C10H12BrNO2. The number of carbonyl (C=O) groups is 1. The lowest BCUT2D eigenvalue weighted by atomic mass is 10.2. The van der Waals surface area contributed by atoms with Gasteiger partial charge in [0.15, 0.2) is 0 Å². The molecule has 3 nitrogen and oxygen atoms in total. The van der Waals surface area contributed by atoms with Gasteiger partial charge in [-0.1, -0.05) is 6.07 Å². The second kappa shape index (κ2) is 4.46. The maximum atomic E-state index is 10.6. The predicted octanol–water partition coefficient (Wildman–Crippen LogP) is 2.64. The molecule has 0 aliphatic heterocycles. The summed E-state index contributed by atoms with van der Waals surface area (Å²) in [6.45, 7) is 3.59. The quantitative estimate of drug-likeness (QED) is 0.876. The average molecular weight is 258 g/mol. The molecule has 0 spiro atoms. The molecular weight excluding hydrogens is 246 g/mol. The molecule has 2 N–H and O–H groups in total. The maximum Gasteiger partial charge on any atom is 0.325 e. The van der Waals surface area contributed by atoms with E-state index in [9.17, 15) is 4.79 Å². The van der Waals surface area contributed by atoms with Crippen LogP contribution in [-0.4, -0.2) is 17.1 Å². The Morgan fingerprint density at radius 2 is 2.21 bits per heavy atom. The number of hydrogen-bond donors (Lipinski definition) is 2. The van der Waals surface area contributed by atoms with Crippen LogP contribution in [0.4, 0.5) is 5.69 Å². The lowest BCUT2D eigenvalue weighted by molar-refractivity contribution is -0.137. The van der Waals surface area contributed by atoms with E-state index in [4.69, 9.17) is 5.11 Å². The molecule has 1 aromatic carbocycles. The van der Waals surface area contributed by atoms with Crippen LogP contribution in [0.2, 0.25) is 0 Å². The van der Waals surface area contributed by atoms with Crippen molar-refractivity contribution in [3.05, 3.63) is 28.2 Å². The fourth-order valence-electron chi connectivity index (χ4n) is 1.03. The van der Waals surface area contributed by atoms with Gasteiger partial charge in [0, 0.05) is 10.2 Å². The van der Waals surface area contributed by atoms with E-state index in [0.29, 0.717) is 0 Å². The summed E-state index contributed by atoms with van der Waals surface area (Å²) in [4.78, 5) is 10.6. The van der Waals surface area contributed by atoms with Gasteiger partial charge in [0.05, 0.1) is 0 Å². The van der Waals surface area contributed by atoms with Crippen molar-refractivity contribution in [3.8, 4) is 0 Å². The molecule has 0 saturated carbocycles. The largest absolute Gasteiger partial charge is 0.480 e. The Morgan fingerprint density at radius 1 is 1.57 bits per heavy atom. The van der Waals surface area contributed by atoms with E-state index in [-0.39, 0.29) is 0 Å². The van der Waals surface area contributed by atoms with Crippen LogP contribution >= 0.6 is 15.9 Å². The molecule has 14 heavy (non-hydrogen) atoms. The number of hydrogen-bond acceptors (Lipinski definition) is 2. The standard InChI is InChI=1S/C10H12BrNO2/c1-6-3-4-9(8(11)5-6)12-7(2)10(13)14/h3-5,7,12H,1-2H3,(H,13,14). The summed E-state index contributed by atoms with van der Waals surface area (Å²) in [6.07, 6.45) is 0. The lowest BCUT2D eigenvalue weighted by Crippen LogP contribution is -2.25. The fourth-order valence-corrected chi connectivity index (χ4v) is 1.64. The summed E-state index contributed by atoms with van der Waals surface area (Å²) in [6, 6.07) is 5.14. The van der Waals surface area contributed by atoms with Crippen LogP contribution in [0.25, 0.3) is 0 Å². The minimum Gasteiger partial charge on any atom is -0.480 e. The Labute approximate surface area is 91.3 Å². The van der Waals surface area contributed by atoms with E-state index in [0.717, 1.165) is 15.7 Å². The lowest BCUT2D eigenvalue weighted by Gasteiger charge is -2.12. The first-order valence-electron chi connectivity index (χ1n) is 4.26. The SMILES string of the molecule is Cc1ccc(NC(C)C(=O)O)c(Br)c1. The summed E-state index contributed by atoms with van der Waals surface area (Å²) in [7, 11) is 0. The number of nitrogens with one attached hydrogen (secondary N) is 1. The second-order valence-corrected chi connectivity index (χ2v) is 4.04. The number of halogens is 1. The minimum atomic E-state index is -0.863. The Balaban J connectivity index is 2.82. The van der Waals surface area contributed by atoms with Gasteiger partial charge in [0.25, 0.3) is 0 Å². The smallest absolute Gasteiger partial charge is 0.325 e. The summed E-state index contributed by atoms with van der Waals surface area (Å²) in [5, 5.41) is 11.6. The highest BCUT2D eigenvalue weighted by molar-refractivity contribution is 9.10. The molecule has 0 amide bonds. The van der Waals surface area contributed by atoms with Crippen LogP contribution in [-0.2, 0) is 4.79 Å². The molecule has 0 fully saturated rings. The van der Waals surface area contributed by atoms with Gasteiger partial charge in [0.2, 0.25) is 0 Å². The molecule has 1 rings (SSSR count). The van der Waals surface area contributed by atoms with Crippen molar-refractivity contribution in [2.24, 2.45) is 0 Å². The molecule has 1 atom stereocenters. The van der Waals surface area contributed by atoms with E-state index >= 15 is 0 Å². The van der Waals surface area contributed by atoms with Gasteiger partial charge >= 0.3 is 5.97 Å². The zero-order valence-electron chi connectivity index (χ0n) is 8.04. The van der Waals surface area contributed by atoms with Crippen molar-refractivity contribution < 1.29 is 9.90 Å². The summed E-state index contributed by atoms with van der Waals surface area (Å²) in [5.41, 5.74) is 1.93. The third-order valence-corrected chi connectivity index (χ3v) is 2.52. The summed E-state index contributed by atoms with van der Waals surface area (Å²) < 4.78 is 0.880. The number of rotatable bonds is 3. The molecule has 0 bridgehead atoms. The highest BCUT2D eigenvalue weighted by Crippen LogP contribution is 2.23. The van der Waals surface area contributed by atoms with Crippen molar-refractivity contribution in [2.75, 3.05) is 5.32 Å². The number of aliphatic carboxylic acids is 1. The molecule has 0 radical (unpaired) electrons. The molecule has 0 heterocycles. The van der Waals surface area contributed by atoms with Crippen LogP contribution in [0, 0.1) is 6.92 Å². The van der Waals surface area contributed by atoms with Gasteiger partial charge in [-0.2, -0.15) is 0 Å². The first-order chi connectivity index (χ1) is 6.50. The zero-order chi connectivity index (χ0) is 10.7. The van der Waals surface area contributed by atoms with E-state index in [2.05, 4.69) is 21.2 Å². The van der Waals surface area contributed by atoms with Crippen LogP contribution in [0.5, 0.6) is 0 Å². The van der Waals surface area contributed by atoms with Crippen LogP contribution < -0.4 is 5.32 Å². The third kappa shape index (κ3) is 2.73. The second-order valence-electron chi connectivity index (χ2n) is 3.19. The number of anilines is 1. The van der Waals surface area contributed by atoms with Crippen molar-refractivity contribution >= 4 is 27.6 Å². The first-order valence-corrected chi connectivity index (χ1v) is 5.05. The van der Waals surface area contributed by atoms with E-state index < -0.39 is 12.0 Å². The number of carboxylic acid groups (broad SMARTS) is 1. The van der Waals surface area contributed by atoms with E-state index in [1.54, 1.807) is 6.92 Å². The molecule has 1 unspecified atom stereocenters. The molecule has 1 aromatic rings. The highest BCUT2D eigenvalue weighted by Gasteiger charge is 2.11. The molecule has 76 valence electrons. The number of aryl methyl sites for hydroxylation is 1. The van der Waals surface area contributed by atoms with Crippen LogP contribution in [0.3, 0.4) is 0 Å². The number of carboxylic acids is 1. The average Bonchev–Trinajstić information content (AvgIpc) is 2.09. The van der Waals surface area contributed by atoms with Crippen LogP contribution in [0.1, 0.15) is 12.5 Å². The predicted molar refractivity (Wildman–Crippen MR) is 59.6 cm³/mol. The number of benzene rings is 1. The van der Waals surface area contributed by atoms with Gasteiger partial charge in [-0.05, 0) is 47.5 Å². The monoisotopic (exact) mass is 257 g/mol. The van der Waals surface area contributed by atoms with Crippen molar-refractivity contribution in [3.63, 3.8) is 0 Å². The van der Waals surface area contributed by atoms with Crippen molar-refractivity contribution in [2.45, 2.75) is 19.9 Å². The van der Waals surface area contributed by atoms with E-state index in [1.165, 1.54) is 0 Å². The van der Waals surface area contributed by atoms with Gasteiger partial charge in [-0.25, -0.2) is 0 Å². The Bertz CT molecular complexity index is 352. The van der Waals surface area contributed by atoms with E-state index in [1.807, 2.05) is 25.1 Å². The van der Waals surface area contributed by atoms with Gasteiger partial charge in [0.1, 0.15) is 6.04 Å². The first kappa shape index (κ1) is 11.0. The fraction of sp³-hybridized carbons (Fsp3) is 0.300.